The van der Waals surface area contributed by atoms with Gasteiger partial charge >= 0.3 is 0 Å². The van der Waals surface area contributed by atoms with Crippen molar-refractivity contribution >= 4 is 21.7 Å². The molecule has 8 nitrogen and oxygen atoms in total. The molecule has 0 spiro atoms. The molecule has 0 fully saturated rings. The molecule has 9 heteroatoms. The van der Waals surface area contributed by atoms with E-state index in [2.05, 4.69) is 15.4 Å². The third-order valence-corrected chi connectivity index (χ3v) is 3.14. The van der Waals surface area contributed by atoms with E-state index >= 15 is 0 Å². The summed E-state index contributed by atoms with van der Waals surface area (Å²) >= 11 is 0. The lowest BCUT2D eigenvalue weighted by molar-refractivity contribution is 0.102. The molecule has 100 valence electrons. The Morgan fingerprint density at radius 1 is 1.42 bits per heavy atom. The first-order chi connectivity index (χ1) is 8.88. The Morgan fingerprint density at radius 2 is 2.16 bits per heavy atom. The average Bonchev–Trinajstić information content (AvgIpc) is 2.71. The third kappa shape index (κ3) is 2.95. The summed E-state index contributed by atoms with van der Waals surface area (Å²) in [7, 11) is -2.44. The summed E-state index contributed by atoms with van der Waals surface area (Å²) in [6, 6.07) is 4.79. The quantitative estimate of drug-likeness (QED) is 0.801. The highest BCUT2D eigenvalue weighted by molar-refractivity contribution is 7.89. The molecule has 2 aromatic rings. The fourth-order valence-corrected chi connectivity index (χ4v) is 2.09. The number of sulfonamides is 1. The van der Waals surface area contributed by atoms with Gasteiger partial charge in [-0.15, -0.1) is 0 Å². The topological polar surface area (TPSA) is 120 Å². The zero-order valence-electron chi connectivity index (χ0n) is 9.94. The van der Waals surface area contributed by atoms with Gasteiger partial charge in [-0.05, 0) is 12.1 Å². The molecule has 1 amide bonds. The summed E-state index contributed by atoms with van der Waals surface area (Å²) in [5.74, 6) is -0.690. The minimum atomic E-state index is -3.96. The molecule has 2 heterocycles. The van der Waals surface area contributed by atoms with Gasteiger partial charge in [0.25, 0.3) is 5.91 Å². The number of amides is 1. The third-order valence-electron chi connectivity index (χ3n) is 2.23. The van der Waals surface area contributed by atoms with Crippen molar-refractivity contribution in [2.75, 3.05) is 5.32 Å². The van der Waals surface area contributed by atoms with Gasteiger partial charge in [0.15, 0.2) is 5.82 Å². The summed E-state index contributed by atoms with van der Waals surface area (Å²) < 4.78 is 23.9. The van der Waals surface area contributed by atoms with E-state index in [9.17, 15) is 13.2 Å². The first-order valence-corrected chi connectivity index (χ1v) is 6.71. The first-order valence-electron chi connectivity index (χ1n) is 5.17. The fourth-order valence-electron chi connectivity index (χ4n) is 1.43. The second-order valence-electron chi connectivity index (χ2n) is 3.73. The highest BCUT2D eigenvalue weighted by Crippen LogP contribution is 2.17. The maximum absolute atomic E-state index is 11.8. The lowest BCUT2D eigenvalue weighted by Crippen LogP contribution is -2.18. The molecule has 0 unspecified atom stereocenters. The van der Waals surface area contributed by atoms with Crippen LogP contribution in [-0.2, 0) is 17.1 Å². The molecular formula is C10H11N5O3S. The van der Waals surface area contributed by atoms with Gasteiger partial charge in [-0.2, -0.15) is 5.10 Å². The van der Waals surface area contributed by atoms with Gasteiger partial charge < -0.3 is 5.32 Å². The van der Waals surface area contributed by atoms with Crippen LogP contribution in [0.1, 0.15) is 10.5 Å². The van der Waals surface area contributed by atoms with Gasteiger partial charge in [-0.3, -0.25) is 14.5 Å². The second-order valence-corrected chi connectivity index (χ2v) is 5.26. The van der Waals surface area contributed by atoms with E-state index in [1.807, 2.05) is 0 Å². The number of anilines is 1. The Hall–Kier alpha value is -2.26. The van der Waals surface area contributed by atoms with Gasteiger partial charge in [0.2, 0.25) is 10.0 Å². The highest BCUT2D eigenvalue weighted by Gasteiger charge is 2.20. The zero-order chi connectivity index (χ0) is 14.0. The van der Waals surface area contributed by atoms with Gasteiger partial charge in [0.05, 0.1) is 0 Å². The molecule has 0 aliphatic carbocycles. The van der Waals surface area contributed by atoms with Crippen molar-refractivity contribution in [3.63, 3.8) is 0 Å². The predicted molar refractivity (Wildman–Crippen MR) is 66.8 cm³/mol. The fraction of sp³-hybridized carbons (Fsp3) is 0.100. The normalized spacial score (nSPS) is 11.3. The number of nitrogens with zero attached hydrogens (tertiary/aromatic N) is 3. The van der Waals surface area contributed by atoms with Crippen LogP contribution in [0.3, 0.4) is 0 Å². The monoisotopic (exact) mass is 281 g/mol. The van der Waals surface area contributed by atoms with Crippen LogP contribution >= 0.6 is 0 Å². The van der Waals surface area contributed by atoms with E-state index in [0.29, 0.717) is 0 Å². The zero-order valence-corrected chi connectivity index (χ0v) is 10.8. The van der Waals surface area contributed by atoms with Crippen molar-refractivity contribution < 1.29 is 13.2 Å². The number of nitrogens with one attached hydrogen (secondary N) is 1. The number of hydrogen-bond acceptors (Lipinski definition) is 5. The Morgan fingerprint density at radius 3 is 2.74 bits per heavy atom. The van der Waals surface area contributed by atoms with Crippen LogP contribution in [0.15, 0.2) is 35.5 Å². The van der Waals surface area contributed by atoms with Crippen molar-refractivity contribution in [2.24, 2.45) is 12.2 Å². The molecule has 0 aliphatic rings. The summed E-state index contributed by atoms with van der Waals surface area (Å²) in [5.41, 5.74) is 0.147. The maximum atomic E-state index is 11.8. The molecule has 0 radical (unpaired) electrons. The van der Waals surface area contributed by atoms with Crippen LogP contribution < -0.4 is 10.5 Å². The molecule has 0 bridgehead atoms. The molecule has 0 atom stereocenters. The molecule has 0 saturated heterocycles. The Balaban J connectivity index is 2.33. The average molecular weight is 281 g/mol. The molecule has 2 rings (SSSR count). The number of carbonyl (C=O) groups is 1. The molecule has 19 heavy (non-hydrogen) atoms. The summed E-state index contributed by atoms with van der Waals surface area (Å²) in [6.45, 7) is 0. The Labute approximate surface area is 109 Å². The number of hydrogen-bond donors (Lipinski definition) is 2. The van der Waals surface area contributed by atoms with Crippen molar-refractivity contribution in [1.29, 1.82) is 0 Å². The van der Waals surface area contributed by atoms with Crippen LogP contribution in [0.2, 0.25) is 0 Å². The number of rotatable bonds is 3. The van der Waals surface area contributed by atoms with E-state index in [1.54, 1.807) is 12.1 Å². The molecule has 3 N–H and O–H groups in total. The van der Waals surface area contributed by atoms with Crippen LogP contribution in [0.25, 0.3) is 0 Å². The van der Waals surface area contributed by atoms with Crippen LogP contribution in [0.5, 0.6) is 0 Å². The summed E-state index contributed by atoms with van der Waals surface area (Å²) in [6.07, 6.45) is 2.66. The van der Waals surface area contributed by atoms with E-state index in [4.69, 9.17) is 5.14 Å². The van der Waals surface area contributed by atoms with Gasteiger partial charge in [-0.25, -0.2) is 13.6 Å². The number of carbonyl (C=O) groups excluding carboxylic acids is 1. The van der Waals surface area contributed by atoms with Gasteiger partial charge in [0, 0.05) is 19.4 Å². The van der Waals surface area contributed by atoms with E-state index in [1.165, 1.54) is 30.2 Å². The van der Waals surface area contributed by atoms with E-state index in [0.717, 1.165) is 0 Å². The van der Waals surface area contributed by atoms with E-state index in [-0.39, 0.29) is 16.4 Å². The Bertz CT molecular complexity index is 708. The Kier molecular flexibility index (Phi) is 3.32. The standard InChI is InChI=1S/C10H11N5O3S/c1-15-6-8(19(11,17)18)9(14-15)13-10(16)7-4-2-3-5-12-7/h2-6H,1H3,(H2,11,17,18)(H,13,14,16). The van der Waals surface area contributed by atoms with Crippen LogP contribution in [0.4, 0.5) is 5.82 Å². The molecule has 0 saturated carbocycles. The molecule has 2 aromatic heterocycles. The van der Waals surface area contributed by atoms with Gasteiger partial charge in [-0.1, -0.05) is 6.07 Å². The molecule has 0 aromatic carbocycles. The van der Waals surface area contributed by atoms with Crippen molar-refractivity contribution in [1.82, 2.24) is 14.8 Å². The lowest BCUT2D eigenvalue weighted by atomic mass is 10.3. The minimum Gasteiger partial charge on any atom is -0.303 e. The smallest absolute Gasteiger partial charge is 0.275 e. The van der Waals surface area contributed by atoms with Crippen molar-refractivity contribution in [3.8, 4) is 0 Å². The van der Waals surface area contributed by atoms with Crippen molar-refractivity contribution in [3.05, 3.63) is 36.3 Å². The van der Waals surface area contributed by atoms with Gasteiger partial charge in [0.1, 0.15) is 10.6 Å². The van der Waals surface area contributed by atoms with Crippen molar-refractivity contribution in [2.45, 2.75) is 4.90 Å². The lowest BCUT2D eigenvalue weighted by Gasteiger charge is -2.02. The predicted octanol–water partition coefficient (Wildman–Crippen LogP) is -0.285. The number of nitrogens with two attached hydrogens (primary N) is 1. The highest BCUT2D eigenvalue weighted by atomic mass is 32.2. The first kappa shape index (κ1) is 13.2. The maximum Gasteiger partial charge on any atom is 0.275 e. The summed E-state index contributed by atoms with van der Waals surface area (Å²) in [5, 5.41) is 11.2. The molecule has 0 aliphatic heterocycles. The number of primary sulfonamides is 1. The van der Waals surface area contributed by atoms with Crippen LogP contribution in [0, 0.1) is 0 Å². The SMILES string of the molecule is Cn1cc(S(N)(=O)=O)c(NC(=O)c2ccccn2)n1. The largest absolute Gasteiger partial charge is 0.303 e. The number of aryl methyl sites for hydroxylation is 1. The minimum absolute atomic E-state index is 0.124. The second kappa shape index (κ2) is 4.78. The number of aromatic nitrogens is 3. The summed E-state index contributed by atoms with van der Waals surface area (Å²) in [4.78, 5) is 15.4. The molecular weight excluding hydrogens is 270 g/mol. The van der Waals surface area contributed by atoms with Crippen LogP contribution in [-0.4, -0.2) is 29.1 Å². The van der Waals surface area contributed by atoms with E-state index < -0.39 is 15.9 Å². The number of pyridine rings is 1.